The van der Waals surface area contributed by atoms with Gasteiger partial charge < -0.3 is 10.1 Å². The lowest BCUT2D eigenvalue weighted by Gasteiger charge is -2.22. The number of nitrogens with one attached hydrogen (secondary N) is 1. The highest BCUT2D eigenvalue weighted by atomic mass is 19.1. The minimum Gasteiger partial charge on any atom is -0.493 e. The topological polar surface area (TPSA) is 64.4 Å². The maximum Gasteiger partial charge on any atom is 0.305 e. The first-order valence-electron chi connectivity index (χ1n) is 5.94. The van der Waals surface area contributed by atoms with Gasteiger partial charge in [0.15, 0.2) is 0 Å². The van der Waals surface area contributed by atoms with E-state index in [0.29, 0.717) is 18.3 Å². The van der Waals surface area contributed by atoms with E-state index in [4.69, 9.17) is 4.74 Å². The summed E-state index contributed by atoms with van der Waals surface area (Å²) in [5.74, 6) is -0.111. The van der Waals surface area contributed by atoms with E-state index in [-0.39, 0.29) is 0 Å². The molecule has 5 nitrogen and oxygen atoms in total. The molecule has 1 atom stereocenters. The molecule has 1 aromatic rings. The molecule has 0 radical (unpaired) electrons. The van der Waals surface area contributed by atoms with E-state index in [1.807, 2.05) is 0 Å². The lowest BCUT2D eigenvalue weighted by Crippen LogP contribution is -2.33. The first kappa shape index (κ1) is 12.8. The van der Waals surface area contributed by atoms with Crippen molar-refractivity contribution in [2.45, 2.75) is 12.8 Å². The fourth-order valence-electron chi connectivity index (χ4n) is 2.01. The Balaban J connectivity index is 1.93. The maximum atomic E-state index is 13.3. The molecule has 1 heterocycles. The van der Waals surface area contributed by atoms with Gasteiger partial charge in [-0.1, -0.05) is 0 Å². The molecule has 1 aromatic carbocycles. The first-order valence-corrected chi connectivity index (χ1v) is 5.94. The second kappa shape index (κ2) is 5.77. The molecule has 2 rings (SSSR count). The van der Waals surface area contributed by atoms with E-state index in [1.165, 1.54) is 6.07 Å². The minimum atomic E-state index is -0.862. The molecule has 0 aliphatic carbocycles. The fraction of sp³-hybridized carbons (Fsp3) is 0.500. The molecule has 1 N–H and O–H groups in total. The summed E-state index contributed by atoms with van der Waals surface area (Å²) in [4.78, 5) is 9.71. The average Bonchev–Trinajstić information content (AvgIpc) is 2.37. The second-order valence-corrected chi connectivity index (χ2v) is 4.39. The summed E-state index contributed by atoms with van der Waals surface area (Å²) >= 11 is 0. The van der Waals surface area contributed by atoms with Crippen LogP contribution >= 0.6 is 0 Å². The Morgan fingerprint density at radius 3 is 3.00 bits per heavy atom. The summed E-state index contributed by atoms with van der Waals surface area (Å²) < 4.78 is 18.8. The van der Waals surface area contributed by atoms with Gasteiger partial charge in [-0.05, 0) is 25.5 Å². The smallest absolute Gasteiger partial charge is 0.305 e. The Labute approximate surface area is 104 Å². The summed E-state index contributed by atoms with van der Waals surface area (Å²) in [5.41, 5.74) is -0.526. The molecule has 1 saturated heterocycles. The molecule has 18 heavy (non-hydrogen) atoms. The quantitative estimate of drug-likeness (QED) is 0.660. The van der Waals surface area contributed by atoms with Gasteiger partial charge in [0, 0.05) is 24.6 Å². The fourth-order valence-corrected chi connectivity index (χ4v) is 2.01. The third-order valence-corrected chi connectivity index (χ3v) is 3.00. The van der Waals surface area contributed by atoms with Crippen molar-refractivity contribution in [2.24, 2.45) is 5.92 Å². The van der Waals surface area contributed by atoms with E-state index in [9.17, 15) is 14.5 Å². The standard InChI is InChI=1S/C12H15FN2O3/c13-11-6-10(3-4-12(11)15(16)17)18-8-9-2-1-5-14-7-9/h3-4,6,9,14H,1-2,5,7-8H2. The Kier molecular flexibility index (Phi) is 4.09. The normalized spacial score (nSPS) is 19.5. The number of hydrogen-bond donors (Lipinski definition) is 1. The van der Waals surface area contributed by atoms with Gasteiger partial charge in [0.05, 0.1) is 11.5 Å². The van der Waals surface area contributed by atoms with E-state index in [0.717, 1.165) is 38.1 Å². The zero-order chi connectivity index (χ0) is 13.0. The molecular weight excluding hydrogens is 239 g/mol. The zero-order valence-electron chi connectivity index (χ0n) is 9.89. The third kappa shape index (κ3) is 3.16. The molecule has 1 unspecified atom stereocenters. The molecule has 0 amide bonds. The number of piperidine rings is 1. The molecule has 0 spiro atoms. The summed E-state index contributed by atoms with van der Waals surface area (Å²) in [6.07, 6.45) is 2.20. The molecular formula is C12H15FN2O3. The van der Waals surface area contributed by atoms with Crippen LogP contribution in [0, 0.1) is 21.8 Å². The Morgan fingerprint density at radius 2 is 2.39 bits per heavy atom. The Hall–Kier alpha value is -1.69. The molecule has 1 aliphatic heterocycles. The van der Waals surface area contributed by atoms with Crippen molar-refractivity contribution >= 4 is 5.69 Å². The number of benzene rings is 1. The summed E-state index contributed by atoms with van der Waals surface area (Å²) in [5, 5.41) is 13.7. The lowest BCUT2D eigenvalue weighted by molar-refractivity contribution is -0.387. The van der Waals surface area contributed by atoms with Crippen molar-refractivity contribution in [3.05, 3.63) is 34.1 Å². The highest BCUT2D eigenvalue weighted by Gasteiger charge is 2.16. The molecule has 0 saturated carbocycles. The predicted octanol–water partition coefficient (Wildman–Crippen LogP) is 2.11. The number of nitro groups is 1. The van der Waals surface area contributed by atoms with Crippen LogP contribution in [0.4, 0.5) is 10.1 Å². The van der Waals surface area contributed by atoms with E-state index < -0.39 is 16.4 Å². The van der Waals surface area contributed by atoms with Crippen molar-refractivity contribution < 1.29 is 14.1 Å². The van der Waals surface area contributed by atoms with Gasteiger partial charge in [0.1, 0.15) is 5.75 Å². The van der Waals surface area contributed by atoms with Crippen LogP contribution in [0.5, 0.6) is 5.75 Å². The van der Waals surface area contributed by atoms with Gasteiger partial charge >= 0.3 is 5.69 Å². The maximum absolute atomic E-state index is 13.3. The molecule has 1 fully saturated rings. The first-order chi connectivity index (χ1) is 8.66. The van der Waals surface area contributed by atoms with Crippen LogP contribution in [0.15, 0.2) is 18.2 Å². The van der Waals surface area contributed by atoms with Crippen molar-refractivity contribution in [3.63, 3.8) is 0 Å². The molecule has 6 heteroatoms. The second-order valence-electron chi connectivity index (χ2n) is 4.39. The molecule has 1 aliphatic rings. The van der Waals surface area contributed by atoms with Gasteiger partial charge in [0.2, 0.25) is 5.82 Å². The lowest BCUT2D eigenvalue weighted by atomic mass is 10.0. The SMILES string of the molecule is O=[N+]([O-])c1ccc(OCC2CCCNC2)cc1F. The van der Waals surface area contributed by atoms with Gasteiger partial charge in [-0.25, -0.2) is 0 Å². The molecule has 0 aromatic heterocycles. The number of halogens is 1. The van der Waals surface area contributed by atoms with Gasteiger partial charge in [-0.3, -0.25) is 10.1 Å². The highest BCUT2D eigenvalue weighted by Crippen LogP contribution is 2.23. The van der Waals surface area contributed by atoms with Gasteiger partial charge in [-0.15, -0.1) is 0 Å². The largest absolute Gasteiger partial charge is 0.493 e. The van der Waals surface area contributed by atoms with Crippen molar-refractivity contribution in [2.75, 3.05) is 19.7 Å². The number of nitrogens with zero attached hydrogens (tertiary/aromatic N) is 1. The van der Waals surface area contributed by atoms with Crippen LogP contribution in [0.2, 0.25) is 0 Å². The van der Waals surface area contributed by atoms with Crippen molar-refractivity contribution in [1.29, 1.82) is 0 Å². The molecule has 98 valence electrons. The summed E-state index contributed by atoms with van der Waals surface area (Å²) in [6.45, 7) is 2.43. The van der Waals surface area contributed by atoms with Crippen LogP contribution in [0.25, 0.3) is 0 Å². The van der Waals surface area contributed by atoms with Crippen LogP contribution in [0.3, 0.4) is 0 Å². The van der Waals surface area contributed by atoms with E-state index in [1.54, 1.807) is 0 Å². The van der Waals surface area contributed by atoms with Crippen molar-refractivity contribution in [3.8, 4) is 5.75 Å². The Bertz CT molecular complexity index is 433. The van der Waals surface area contributed by atoms with Crippen LogP contribution in [-0.2, 0) is 0 Å². The summed E-state index contributed by atoms with van der Waals surface area (Å²) in [6, 6.07) is 3.62. The average molecular weight is 254 g/mol. The Morgan fingerprint density at radius 1 is 1.56 bits per heavy atom. The van der Waals surface area contributed by atoms with E-state index >= 15 is 0 Å². The number of ether oxygens (including phenoxy) is 1. The van der Waals surface area contributed by atoms with Gasteiger partial charge in [0.25, 0.3) is 0 Å². The number of hydrogen-bond acceptors (Lipinski definition) is 4. The van der Waals surface area contributed by atoms with Crippen molar-refractivity contribution in [1.82, 2.24) is 5.32 Å². The highest BCUT2D eigenvalue weighted by molar-refractivity contribution is 5.37. The predicted molar refractivity (Wildman–Crippen MR) is 64.1 cm³/mol. The third-order valence-electron chi connectivity index (χ3n) is 3.00. The summed E-state index contributed by atoms with van der Waals surface area (Å²) in [7, 11) is 0. The monoisotopic (exact) mass is 254 g/mol. The number of nitro benzene ring substituents is 1. The minimum absolute atomic E-state index is 0.337. The van der Waals surface area contributed by atoms with Crippen LogP contribution in [0.1, 0.15) is 12.8 Å². The van der Waals surface area contributed by atoms with Crippen LogP contribution < -0.4 is 10.1 Å². The van der Waals surface area contributed by atoms with E-state index in [2.05, 4.69) is 5.32 Å². The molecule has 0 bridgehead atoms. The number of rotatable bonds is 4. The van der Waals surface area contributed by atoms with Gasteiger partial charge in [-0.2, -0.15) is 4.39 Å². The zero-order valence-corrected chi connectivity index (χ0v) is 9.89. The van der Waals surface area contributed by atoms with Crippen LogP contribution in [-0.4, -0.2) is 24.6 Å².